The Balaban J connectivity index is 1.55. The van der Waals surface area contributed by atoms with E-state index in [9.17, 15) is 9.59 Å². The molecule has 0 unspecified atom stereocenters. The molecule has 0 spiro atoms. The van der Waals surface area contributed by atoms with Crippen LogP contribution in [0.3, 0.4) is 0 Å². The monoisotopic (exact) mass is 343 g/mol. The third-order valence-electron chi connectivity index (χ3n) is 4.28. The normalized spacial score (nSPS) is 13.8. The van der Waals surface area contributed by atoms with Crippen LogP contribution < -0.4 is 10.9 Å². The molecular formula is C17H17N3O3S. The van der Waals surface area contributed by atoms with Gasteiger partial charge in [-0.05, 0) is 43.4 Å². The van der Waals surface area contributed by atoms with E-state index in [2.05, 4.69) is 10.3 Å². The van der Waals surface area contributed by atoms with Crippen LogP contribution >= 0.6 is 11.3 Å². The molecule has 24 heavy (non-hydrogen) atoms. The molecule has 3 aromatic rings. The Labute approximate surface area is 142 Å². The molecule has 1 amide bonds. The van der Waals surface area contributed by atoms with E-state index in [0.29, 0.717) is 17.0 Å². The zero-order valence-electron chi connectivity index (χ0n) is 13.1. The van der Waals surface area contributed by atoms with E-state index >= 15 is 0 Å². The Morgan fingerprint density at radius 2 is 2.25 bits per heavy atom. The molecule has 6 nitrogen and oxygen atoms in total. The van der Waals surface area contributed by atoms with Gasteiger partial charge in [-0.3, -0.25) is 14.2 Å². The van der Waals surface area contributed by atoms with Crippen molar-refractivity contribution in [3.63, 3.8) is 0 Å². The summed E-state index contributed by atoms with van der Waals surface area (Å²) >= 11 is 1.54. The minimum Gasteiger partial charge on any atom is -0.467 e. The van der Waals surface area contributed by atoms with Crippen LogP contribution in [0, 0.1) is 0 Å². The zero-order valence-corrected chi connectivity index (χ0v) is 13.9. The van der Waals surface area contributed by atoms with Gasteiger partial charge in [-0.25, -0.2) is 4.98 Å². The van der Waals surface area contributed by atoms with Crippen LogP contribution in [0.5, 0.6) is 0 Å². The number of nitrogens with zero attached hydrogens (tertiary/aromatic N) is 2. The van der Waals surface area contributed by atoms with Gasteiger partial charge in [0.25, 0.3) is 5.56 Å². The van der Waals surface area contributed by atoms with Crippen LogP contribution in [0.2, 0.25) is 0 Å². The van der Waals surface area contributed by atoms with Crippen molar-refractivity contribution in [3.8, 4) is 0 Å². The number of thiophene rings is 1. The molecule has 124 valence electrons. The van der Waals surface area contributed by atoms with Crippen molar-refractivity contribution in [1.82, 2.24) is 14.9 Å². The number of fused-ring (bicyclic) bond motifs is 3. The summed E-state index contributed by atoms with van der Waals surface area (Å²) in [7, 11) is 0. The SMILES string of the molecule is O=C(Cn1cnc2c3c(sc2c1=O)CCCC3)NCc1ccco1. The second kappa shape index (κ2) is 6.24. The largest absolute Gasteiger partial charge is 0.467 e. The molecule has 7 heteroatoms. The Bertz CT molecular complexity index is 940. The van der Waals surface area contributed by atoms with E-state index in [-0.39, 0.29) is 18.0 Å². The molecule has 0 atom stereocenters. The van der Waals surface area contributed by atoms with Crippen molar-refractivity contribution in [2.24, 2.45) is 0 Å². The Kier molecular flexibility index (Phi) is 3.93. The number of hydrogen-bond acceptors (Lipinski definition) is 5. The minimum absolute atomic E-state index is 0.0367. The van der Waals surface area contributed by atoms with Gasteiger partial charge in [0.05, 0.1) is 24.7 Å². The number of nitrogens with one attached hydrogen (secondary N) is 1. The molecule has 0 saturated carbocycles. The summed E-state index contributed by atoms with van der Waals surface area (Å²) < 4.78 is 7.21. The predicted molar refractivity (Wildman–Crippen MR) is 91.1 cm³/mol. The van der Waals surface area contributed by atoms with Crippen LogP contribution in [0.25, 0.3) is 10.2 Å². The van der Waals surface area contributed by atoms with E-state index in [4.69, 9.17) is 4.42 Å². The molecule has 4 rings (SSSR count). The summed E-state index contributed by atoms with van der Waals surface area (Å²) in [6.07, 6.45) is 7.39. The number of furan rings is 1. The molecule has 0 saturated heterocycles. The summed E-state index contributed by atoms with van der Waals surface area (Å²) in [6, 6.07) is 3.55. The smallest absolute Gasteiger partial charge is 0.271 e. The maximum Gasteiger partial charge on any atom is 0.271 e. The number of rotatable bonds is 4. The summed E-state index contributed by atoms with van der Waals surface area (Å²) in [4.78, 5) is 30.4. The van der Waals surface area contributed by atoms with Crippen molar-refractivity contribution in [2.75, 3.05) is 0 Å². The first-order valence-corrected chi connectivity index (χ1v) is 8.83. The lowest BCUT2D eigenvalue weighted by Gasteiger charge is -2.09. The third-order valence-corrected chi connectivity index (χ3v) is 5.55. The minimum atomic E-state index is -0.240. The Hall–Kier alpha value is -2.41. The third kappa shape index (κ3) is 2.75. The second-order valence-corrected chi connectivity index (χ2v) is 7.03. The quantitative estimate of drug-likeness (QED) is 0.788. The van der Waals surface area contributed by atoms with Gasteiger partial charge in [0.1, 0.15) is 17.0 Å². The lowest BCUT2D eigenvalue weighted by molar-refractivity contribution is -0.121. The van der Waals surface area contributed by atoms with Gasteiger partial charge >= 0.3 is 0 Å². The molecule has 1 N–H and O–H groups in total. The van der Waals surface area contributed by atoms with Gasteiger partial charge in [-0.15, -0.1) is 11.3 Å². The summed E-state index contributed by atoms with van der Waals surface area (Å²) in [5.74, 6) is 0.436. The van der Waals surface area contributed by atoms with Crippen LogP contribution in [0.1, 0.15) is 29.0 Å². The second-order valence-electron chi connectivity index (χ2n) is 5.92. The van der Waals surface area contributed by atoms with Crippen molar-refractivity contribution in [3.05, 3.63) is 51.3 Å². The van der Waals surface area contributed by atoms with Gasteiger partial charge < -0.3 is 9.73 Å². The number of hydrogen-bond donors (Lipinski definition) is 1. The zero-order chi connectivity index (χ0) is 16.5. The van der Waals surface area contributed by atoms with E-state index in [1.165, 1.54) is 39.1 Å². The van der Waals surface area contributed by atoms with Crippen molar-refractivity contribution in [1.29, 1.82) is 0 Å². The van der Waals surface area contributed by atoms with Crippen LogP contribution in [-0.4, -0.2) is 15.5 Å². The van der Waals surface area contributed by atoms with Gasteiger partial charge in [0, 0.05) is 4.88 Å². The molecular weight excluding hydrogens is 326 g/mol. The molecule has 0 bridgehead atoms. The van der Waals surface area contributed by atoms with E-state index < -0.39 is 0 Å². The molecule has 3 aromatic heterocycles. The van der Waals surface area contributed by atoms with Gasteiger partial charge in [-0.2, -0.15) is 0 Å². The summed E-state index contributed by atoms with van der Waals surface area (Å²) in [6.45, 7) is 0.272. The highest BCUT2D eigenvalue weighted by molar-refractivity contribution is 7.19. The van der Waals surface area contributed by atoms with Crippen LogP contribution in [0.15, 0.2) is 33.9 Å². The van der Waals surface area contributed by atoms with Crippen molar-refractivity contribution >= 4 is 27.5 Å². The highest BCUT2D eigenvalue weighted by Crippen LogP contribution is 2.33. The number of aromatic nitrogens is 2. The Morgan fingerprint density at radius 1 is 1.38 bits per heavy atom. The Morgan fingerprint density at radius 3 is 3.08 bits per heavy atom. The molecule has 0 fully saturated rings. The first-order chi connectivity index (χ1) is 11.7. The fourth-order valence-electron chi connectivity index (χ4n) is 3.06. The molecule has 0 radical (unpaired) electrons. The first kappa shape index (κ1) is 15.1. The maximum atomic E-state index is 12.6. The lowest BCUT2D eigenvalue weighted by atomic mass is 9.98. The predicted octanol–water partition coefficient (Wildman–Crippen LogP) is 2.25. The molecule has 3 heterocycles. The van der Waals surface area contributed by atoms with Crippen molar-refractivity contribution in [2.45, 2.75) is 38.8 Å². The van der Waals surface area contributed by atoms with Gasteiger partial charge in [-0.1, -0.05) is 0 Å². The molecule has 0 aromatic carbocycles. The first-order valence-electron chi connectivity index (χ1n) is 8.01. The average Bonchev–Trinajstić information content (AvgIpc) is 3.23. The molecule has 1 aliphatic rings. The molecule has 0 aliphatic heterocycles. The highest BCUT2D eigenvalue weighted by atomic mass is 32.1. The number of carbonyl (C=O) groups excluding carboxylic acids is 1. The van der Waals surface area contributed by atoms with E-state index in [0.717, 1.165) is 24.8 Å². The number of amides is 1. The summed E-state index contributed by atoms with van der Waals surface area (Å²) in [5, 5.41) is 2.74. The van der Waals surface area contributed by atoms with Crippen molar-refractivity contribution < 1.29 is 9.21 Å². The van der Waals surface area contributed by atoms with E-state index in [1.54, 1.807) is 18.4 Å². The topological polar surface area (TPSA) is 77.1 Å². The average molecular weight is 343 g/mol. The summed E-state index contributed by atoms with van der Waals surface area (Å²) in [5.41, 5.74) is 1.92. The lowest BCUT2D eigenvalue weighted by Crippen LogP contribution is -2.31. The van der Waals surface area contributed by atoms with Gasteiger partial charge in [0.15, 0.2) is 0 Å². The van der Waals surface area contributed by atoms with E-state index in [1.807, 2.05) is 0 Å². The number of aryl methyl sites for hydroxylation is 2. The number of carbonyl (C=O) groups is 1. The molecule has 1 aliphatic carbocycles. The fourth-order valence-corrected chi connectivity index (χ4v) is 4.36. The maximum absolute atomic E-state index is 12.6. The standard InChI is InChI=1S/C17H17N3O3S/c21-14(18-8-11-4-3-7-23-11)9-20-10-19-15-12-5-1-2-6-13(12)24-16(15)17(20)22/h3-4,7,10H,1-2,5-6,8-9H2,(H,18,21). The fraction of sp³-hybridized carbons (Fsp3) is 0.353. The van der Waals surface area contributed by atoms with Gasteiger partial charge in [0.2, 0.25) is 5.91 Å². The van der Waals surface area contributed by atoms with Crippen LogP contribution in [0.4, 0.5) is 0 Å². The van der Waals surface area contributed by atoms with Crippen LogP contribution in [-0.2, 0) is 30.7 Å². The highest BCUT2D eigenvalue weighted by Gasteiger charge is 2.19.